The molecule has 5 heteroatoms. The summed E-state index contributed by atoms with van der Waals surface area (Å²) in [7, 11) is 1.41. The fraction of sp³-hybridized carbons (Fsp3) is 0.273. The molecule has 1 N–H and O–H groups in total. The highest BCUT2D eigenvalue weighted by atomic mass is 19.1. The number of amides is 1. The first-order valence-corrected chi connectivity index (χ1v) is 4.69. The van der Waals surface area contributed by atoms with Crippen LogP contribution < -0.4 is 4.90 Å². The van der Waals surface area contributed by atoms with Crippen molar-refractivity contribution in [2.75, 3.05) is 11.9 Å². The Hall–Kier alpha value is -1.91. The lowest BCUT2D eigenvalue weighted by molar-refractivity contribution is -0.145. The van der Waals surface area contributed by atoms with E-state index >= 15 is 0 Å². The zero-order valence-electron chi connectivity index (χ0n) is 8.98. The van der Waals surface area contributed by atoms with Crippen molar-refractivity contribution in [1.82, 2.24) is 0 Å². The van der Waals surface area contributed by atoms with Crippen LogP contribution in [0.2, 0.25) is 0 Å². The Balaban J connectivity index is 2.90. The molecule has 0 saturated heterocycles. The number of hydrogen-bond acceptors (Lipinski definition) is 2. The van der Waals surface area contributed by atoms with E-state index in [1.807, 2.05) is 0 Å². The van der Waals surface area contributed by atoms with Crippen molar-refractivity contribution in [3.05, 3.63) is 30.1 Å². The van der Waals surface area contributed by atoms with E-state index < -0.39 is 23.6 Å². The van der Waals surface area contributed by atoms with Crippen LogP contribution in [0.5, 0.6) is 0 Å². The molecule has 0 bridgehead atoms. The van der Waals surface area contributed by atoms with Crippen molar-refractivity contribution >= 4 is 17.6 Å². The van der Waals surface area contributed by atoms with E-state index in [0.717, 1.165) is 4.90 Å². The molecule has 1 rings (SSSR count). The molecule has 0 heterocycles. The molecule has 1 aromatic carbocycles. The maximum Gasteiger partial charge on any atom is 0.315 e. The maximum atomic E-state index is 12.9. The molecule has 0 radical (unpaired) electrons. The summed E-state index contributed by atoms with van der Waals surface area (Å²) in [5.41, 5.74) is 0.332. The molecule has 0 aliphatic heterocycles. The lowest BCUT2D eigenvalue weighted by Gasteiger charge is -2.19. The van der Waals surface area contributed by atoms with Crippen molar-refractivity contribution in [3.63, 3.8) is 0 Å². The quantitative estimate of drug-likeness (QED) is 0.793. The van der Waals surface area contributed by atoms with Crippen LogP contribution in [0.25, 0.3) is 0 Å². The molecule has 0 aliphatic carbocycles. The summed E-state index contributed by atoms with van der Waals surface area (Å²) in [6.45, 7) is 1.29. The van der Waals surface area contributed by atoms with Crippen molar-refractivity contribution in [2.24, 2.45) is 5.92 Å². The van der Waals surface area contributed by atoms with Crippen molar-refractivity contribution < 1.29 is 19.1 Å². The minimum absolute atomic E-state index is 0.332. The number of nitrogens with zero attached hydrogens (tertiary/aromatic N) is 1. The summed E-state index contributed by atoms with van der Waals surface area (Å²) >= 11 is 0. The molecule has 1 aromatic rings. The second kappa shape index (κ2) is 4.74. The number of rotatable bonds is 3. The average molecular weight is 225 g/mol. The molecule has 0 spiro atoms. The Kier molecular flexibility index (Phi) is 3.60. The van der Waals surface area contributed by atoms with Crippen LogP contribution in [-0.2, 0) is 9.59 Å². The molecular formula is C11H12FNO3. The van der Waals surface area contributed by atoms with E-state index in [2.05, 4.69) is 0 Å². The Bertz CT molecular complexity index is 419. The van der Waals surface area contributed by atoms with Gasteiger partial charge in [-0.1, -0.05) is 6.07 Å². The Morgan fingerprint density at radius 2 is 2.06 bits per heavy atom. The molecule has 0 aliphatic rings. The van der Waals surface area contributed by atoms with Crippen molar-refractivity contribution in [1.29, 1.82) is 0 Å². The van der Waals surface area contributed by atoms with Crippen LogP contribution in [0.15, 0.2) is 24.3 Å². The van der Waals surface area contributed by atoms with Crippen LogP contribution in [0.4, 0.5) is 10.1 Å². The van der Waals surface area contributed by atoms with Crippen molar-refractivity contribution in [3.8, 4) is 0 Å². The van der Waals surface area contributed by atoms with E-state index in [0.29, 0.717) is 5.69 Å². The molecule has 1 unspecified atom stereocenters. The molecule has 4 nitrogen and oxygen atoms in total. The van der Waals surface area contributed by atoms with Gasteiger partial charge in [-0.15, -0.1) is 0 Å². The third kappa shape index (κ3) is 2.56. The van der Waals surface area contributed by atoms with Gasteiger partial charge >= 0.3 is 5.97 Å². The van der Waals surface area contributed by atoms with E-state index in [-0.39, 0.29) is 0 Å². The van der Waals surface area contributed by atoms with Crippen LogP contribution >= 0.6 is 0 Å². The van der Waals surface area contributed by atoms with E-state index in [1.165, 1.54) is 38.2 Å². The maximum absolute atomic E-state index is 12.9. The minimum atomic E-state index is -1.20. The van der Waals surface area contributed by atoms with Gasteiger partial charge in [-0.25, -0.2) is 4.39 Å². The highest BCUT2D eigenvalue weighted by Gasteiger charge is 2.24. The summed E-state index contributed by atoms with van der Waals surface area (Å²) in [4.78, 5) is 23.4. The zero-order chi connectivity index (χ0) is 12.3. The second-order valence-electron chi connectivity index (χ2n) is 3.44. The largest absolute Gasteiger partial charge is 0.481 e. The fourth-order valence-electron chi connectivity index (χ4n) is 1.21. The zero-order valence-corrected chi connectivity index (χ0v) is 8.98. The van der Waals surface area contributed by atoms with Crippen LogP contribution in [0, 0.1) is 11.7 Å². The summed E-state index contributed by atoms with van der Waals surface area (Å²) in [6, 6.07) is 5.42. The molecule has 0 saturated carbocycles. The number of halogens is 1. The molecule has 0 fully saturated rings. The number of carbonyl (C=O) groups excluding carboxylic acids is 1. The fourth-order valence-corrected chi connectivity index (χ4v) is 1.21. The van der Waals surface area contributed by atoms with Gasteiger partial charge in [0, 0.05) is 12.7 Å². The number of benzene rings is 1. The van der Waals surface area contributed by atoms with Gasteiger partial charge in [0.1, 0.15) is 11.7 Å². The highest BCUT2D eigenvalue weighted by Crippen LogP contribution is 2.16. The summed E-state index contributed by atoms with van der Waals surface area (Å²) in [5, 5.41) is 8.68. The van der Waals surface area contributed by atoms with Gasteiger partial charge in [0.25, 0.3) is 0 Å². The first-order chi connectivity index (χ1) is 7.43. The first kappa shape index (κ1) is 12.2. The SMILES string of the molecule is CC(C(=O)O)C(=O)N(C)c1cccc(F)c1. The summed E-state index contributed by atoms with van der Waals surface area (Å²) < 4.78 is 12.9. The lowest BCUT2D eigenvalue weighted by atomic mass is 10.1. The number of carboxylic acid groups (broad SMARTS) is 1. The second-order valence-corrected chi connectivity index (χ2v) is 3.44. The third-order valence-corrected chi connectivity index (χ3v) is 2.27. The van der Waals surface area contributed by atoms with Crippen LogP contribution in [-0.4, -0.2) is 24.0 Å². The Morgan fingerprint density at radius 3 is 2.56 bits per heavy atom. The van der Waals surface area contributed by atoms with E-state index in [9.17, 15) is 14.0 Å². The van der Waals surface area contributed by atoms with E-state index in [4.69, 9.17) is 5.11 Å². The number of anilines is 1. The number of aliphatic carboxylic acids is 1. The molecule has 1 atom stereocenters. The molecule has 1 amide bonds. The van der Waals surface area contributed by atoms with Gasteiger partial charge in [-0.05, 0) is 25.1 Å². The van der Waals surface area contributed by atoms with Gasteiger partial charge in [0.15, 0.2) is 0 Å². The highest BCUT2D eigenvalue weighted by molar-refractivity contribution is 6.04. The first-order valence-electron chi connectivity index (χ1n) is 4.69. The summed E-state index contributed by atoms with van der Waals surface area (Å²) in [5.74, 6) is -3.40. The van der Waals surface area contributed by atoms with Gasteiger partial charge in [-0.3, -0.25) is 9.59 Å². The molecule has 16 heavy (non-hydrogen) atoms. The predicted molar refractivity (Wildman–Crippen MR) is 56.6 cm³/mol. The summed E-state index contributed by atoms with van der Waals surface area (Å²) in [6.07, 6.45) is 0. The number of carboxylic acids is 1. The number of carbonyl (C=O) groups is 2. The van der Waals surface area contributed by atoms with Gasteiger partial charge in [-0.2, -0.15) is 0 Å². The standard InChI is InChI=1S/C11H12FNO3/c1-7(11(15)16)10(14)13(2)9-5-3-4-8(12)6-9/h3-7H,1-2H3,(H,15,16). The minimum Gasteiger partial charge on any atom is -0.481 e. The molecular weight excluding hydrogens is 213 g/mol. The molecule has 86 valence electrons. The topological polar surface area (TPSA) is 57.6 Å². The smallest absolute Gasteiger partial charge is 0.315 e. The van der Waals surface area contributed by atoms with Gasteiger partial charge < -0.3 is 10.0 Å². The Labute approximate surface area is 92.3 Å². The molecule has 0 aromatic heterocycles. The van der Waals surface area contributed by atoms with Gasteiger partial charge in [0.05, 0.1) is 0 Å². The monoisotopic (exact) mass is 225 g/mol. The lowest BCUT2D eigenvalue weighted by Crippen LogP contribution is -2.35. The Morgan fingerprint density at radius 1 is 1.44 bits per heavy atom. The predicted octanol–water partition coefficient (Wildman–Crippen LogP) is 1.51. The normalized spacial score (nSPS) is 11.9. The average Bonchev–Trinajstić information content (AvgIpc) is 2.26. The van der Waals surface area contributed by atoms with Crippen LogP contribution in [0.1, 0.15) is 6.92 Å². The van der Waals surface area contributed by atoms with Crippen LogP contribution in [0.3, 0.4) is 0 Å². The number of hydrogen-bond donors (Lipinski definition) is 1. The van der Waals surface area contributed by atoms with Gasteiger partial charge in [0.2, 0.25) is 5.91 Å². The third-order valence-electron chi connectivity index (χ3n) is 2.27. The van der Waals surface area contributed by atoms with Crippen molar-refractivity contribution in [2.45, 2.75) is 6.92 Å². The van der Waals surface area contributed by atoms with E-state index in [1.54, 1.807) is 0 Å².